The van der Waals surface area contributed by atoms with Crippen molar-refractivity contribution in [2.45, 2.75) is 264 Å². The van der Waals surface area contributed by atoms with E-state index in [0.29, 0.717) is 12.8 Å². The number of carbonyl (C=O) groups is 3. The lowest BCUT2D eigenvalue weighted by molar-refractivity contribution is -0.147. The lowest BCUT2D eigenvalue weighted by Gasteiger charge is -2.18. The molecular weight excluding hydrogens is 769 g/mol. The highest BCUT2D eigenvalue weighted by molar-refractivity contribution is 7.47. The Labute approximate surface area is 361 Å². The molecule has 0 bridgehead atoms. The van der Waals surface area contributed by atoms with Gasteiger partial charge in [-0.3, -0.25) is 18.6 Å². The molecule has 3 atom stereocenters. The first-order valence-electron chi connectivity index (χ1n) is 24.6. The molecule has 11 nitrogen and oxygen atoms in total. The predicted molar refractivity (Wildman–Crippen MR) is 240 cm³/mol. The molecular formula is C47H92NO10P. The Bertz CT molecular complexity index is 1020. The second-order valence-corrected chi connectivity index (χ2v) is 18.5. The molecule has 0 spiro atoms. The van der Waals surface area contributed by atoms with Gasteiger partial charge in [-0.1, -0.05) is 226 Å². The minimum absolute atomic E-state index is 0.152. The molecule has 0 aliphatic heterocycles. The summed E-state index contributed by atoms with van der Waals surface area (Å²) in [5.41, 5.74) is 0. The van der Waals surface area contributed by atoms with E-state index in [1.165, 1.54) is 173 Å². The fourth-order valence-electron chi connectivity index (χ4n) is 7.32. The normalized spacial score (nSPS) is 13.6. The highest BCUT2D eigenvalue weighted by atomic mass is 31.2. The van der Waals surface area contributed by atoms with Gasteiger partial charge in [-0.2, -0.15) is 0 Å². The van der Waals surface area contributed by atoms with Crippen molar-refractivity contribution in [1.82, 2.24) is 5.32 Å². The molecule has 350 valence electrons. The number of aliphatic carboxylic acids is 1. The summed E-state index contributed by atoms with van der Waals surface area (Å²) in [6.07, 6.45) is 42.8. The number of ether oxygens (including phenoxy) is 1. The summed E-state index contributed by atoms with van der Waals surface area (Å²) in [4.78, 5) is 45.9. The number of aliphatic hydroxyl groups is 1. The number of hydrogen-bond donors (Lipinski definition) is 4. The number of phosphoric ester groups is 1. The van der Waals surface area contributed by atoms with Crippen LogP contribution in [0.15, 0.2) is 0 Å². The van der Waals surface area contributed by atoms with Crippen LogP contribution in [0.5, 0.6) is 0 Å². The van der Waals surface area contributed by atoms with Gasteiger partial charge in [0.25, 0.3) is 0 Å². The number of nitrogens with one attached hydrogen (secondary N) is 1. The molecule has 0 radical (unpaired) electrons. The van der Waals surface area contributed by atoms with Gasteiger partial charge in [0.1, 0.15) is 12.7 Å². The van der Waals surface area contributed by atoms with Crippen LogP contribution in [0.25, 0.3) is 0 Å². The predicted octanol–water partition coefficient (Wildman–Crippen LogP) is 13.1. The molecule has 3 unspecified atom stereocenters. The first-order valence-corrected chi connectivity index (χ1v) is 26.1. The number of hydrogen-bond acceptors (Lipinski definition) is 8. The zero-order valence-electron chi connectivity index (χ0n) is 38.1. The summed E-state index contributed by atoms with van der Waals surface area (Å²) in [6.45, 7) is 2.63. The fraction of sp³-hybridized carbons (Fsp3) is 0.936. The highest BCUT2D eigenvalue weighted by Crippen LogP contribution is 2.43. The van der Waals surface area contributed by atoms with Gasteiger partial charge >= 0.3 is 19.8 Å². The minimum Gasteiger partial charge on any atom is -0.480 e. The summed E-state index contributed by atoms with van der Waals surface area (Å²) >= 11 is 0. The standard InChI is InChI=1S/C47H92NO10P/c1-3-5-7-9-11-13-15-17-18-19-20-21-22-23-24-25-26-27-29-31-33-35-37-39-46(51)56-40-43(49)41-57-59(54,55)58-42-44(47(52)53)48-45(50)38-36-34-32-30-28-16-14-12-10-8-6-4-2/h43-44,49H,3-42H2,1-2H3,(H,48,50)(H,52,53)(H,54,55). The summed E-state index contributed by atoms with van der Waals surface area (Å²) in [5, 5.41) is 21.8. The molecule has 1 amide bonds. The molecule has 4 N–H and O–H groups in total. The Kier molecular flexibility index (Phi) is 42.0. The van der Waals surface area contributed by atoms with E-state index in [1.807, 2.05) is 0 Å². The van der Waals surface area contributed by atoms with Gasteiger partial charge < -0.3 is 25.2 Å². The van der Waals surface area contributed by atoms with Gasteiger partial charge in [0.05, 0.1) is 13.2 Å². The monoisotopic (exact) mass is 862 g/mol. The van der Waals surface area contributed by atoms with Crippen molar-refractivity contribution in [3.05, 3.63) is 0 Å². The van der Waals surface area contributed by atoms with Crippen molar-refractivity contribution in [3.63, 3.8) is 0 Å². The molecule has 0 saturated carbocycles. The third-order valence-corrected chi connectivity index (χ3v) is 12.1. The molecule has 12 heteroatoms. The second-order valence-electron chi connectivity index (χ2n) is 17.0. The third kappa shape index (κ3) is 42.9. The number of esters is 1. The second kappa shape index (κ2) is 43.1. The average molecular weight is 862 g/mol. The lowest BCUT2D eigenvalue weighted by atomic mass is 10.0. The zero-order chi connectivity index (χ0) is 43.5. The molecule has 0 fully saturated rings. The Morgan fingerprint density at radius 1 is 0.475 bits per heavy atom. The first kappa shape index (κ1) is 57.5. The van der Waals surface area contributed by atoms with Crippen molar-refractivity contribution in [2.24, 2.45) is 0 Å². The van der Waals surface area contributed by atoms with Crippen molar-refractivity contribution in [2.75, 3.05) is 19.8 Å². The quantitative estimate of drug-likeness (QED) is 0.0262. The molecule has 0 saturated heterocycles. The van der Waals surface area contributed by atoms with Crippen molar-refractivity contribution in [3.8, 4) is 0 Å². The fourth-order valence-corrected chi connectivity index (χ4v) is 8.09. The molecule has 0 rings (SSSR count). The number of carboxylic acids is 1. The van der Waals surface area contributed by atoms with Crippen LogP contribution in [0.2, 0.25) is 0 Å². The van der Waals surface area contributed by atoms with E-state index in [4.69, 9.17) is 13.8 Å². The maximum absolute atomic E-state index is 12.3. The van der Waals surface area contributed by atoms with Crippen LogP contribution in [-0.4, -0.2) is 64.9 Å². The van der Waals surface area contributed by atoms with Gasteiger partial charge in [0, 0.05) is 12.8 Å². The number of phosphoric acid groups is 1. The number of amides is 1. The number of carbonyl (C=O) groups excluding carboxylic acids is 2. The summed E-state index contributed by atoms with van der Waals surface area (Å²) < 4.78 is 26.9. The Morgan fingerprint density at radius 2 is 0.780 bits per heavy atom. The summed E-state index contributed by atoms with van der Waals surface area (Å²) in [6, 6.07) is -1.54. The molecule has 0 aromatic rings. The Hall–Kier alpha value is -1.52. The van der Waals surface area contributed by atoms with Crippen molar-refractivity contribution in [1.29, 1.82) is 0 Å². The Morgan fingerprint density at radius 3 is 1.12 bits per heavy atom. The largest absolute Gasteiger partial charge is 0.480 e. The number of rotatable bonds is 47. The van der Waals surface area contributed by atoms with Gasteiger partial charge in [-0.05, 0) is 12.8 Å². The van der Waals surface area contributed by atoms with E-state index in [0.717, 1.165) is 38.5 Å². The molecule has 59 heavy (non-hydrogen) atoms. The van der Waals surface area contributed by atoms with E-state index in [2.05, 4.69) is 19.2 Å². The smallest absolute Gasteiger partial charge is 0.472 e. The summed E-state index contributed by atoms with van der Waals surface area (Å²) in [7, 11) is -4.75. The van der Waals surface area contributed by atoms with Crippen LogP contribution in [0.1, 0.15) is 251 Å². The number of unbranched alkanes of at least 4 members (excludes halogenated alkanes) is 33. The van der Waals surface area contributed by atoms with Gasteiger partial charge in [0.2, 0.25) is 5.91 Å². The van der Waals surface area contributed by atoms with Crippen molar-refractivity contribution >= 4 is 25.7 Å². The zero-order valence-corrected chi connectivity index (χ0v) is 39.0. The van der Waals surface area contributed by atoms with Crippen LogP contribution in [0, 0.1) is 0 Å². The maximum Gasteiger partial charge on any atom is 0.472 e. The van der Waals surface area contributed by atoms with E-state index in [1.54, 1.807) is 0 Å². The van der Waals surface area contributed by atoms with Gasteiger partial charge in [-0.15, -0.1) is 0 Å². The average Bonchev–Trinajstić information content (AvgIpc) is 3.21. The van der Waals surface area contributed by atoms with E-state index < -0.39 is 57.6 Å². The highest BCUT2D eigenvalue weighted by Gasteiger charge is 2.28. The van der Waals surface area contributed by atoms with Crippen LogP contribution in [0.3, 0.4) is 0 Å². The van der Waals surface area contributed by atoms with E-state index in [-0.39, 0.29) is 12.8 Å². The van der Waals surface area contributed by atoms with Gasteiger partial charge in [-0.25, -0.2) is 9.36 Å². The molecule has 0 heterocycles. The van der Waals surface area contributed by atoms with Crippen LogP contribution in [0.4, 0.5) is 0 Å². The topological polar surface area (TPSA) is 169 Å². The van der Waals surface area contributed by atoms with Crippen molar-refractivity contribution < 1.29 is 47.8 Å². The number of carboxylic acid groups (broad SMARTS) is 1. The molecule has 0 aromatic carbocycles. The molecule has 0 aliphatic carbocycles. The molecule has 0 aliphatic rings. The van der Waals surface area contributed by atoms with Gasteiger partial charge in [0.15, 0.2) is 6.04 Å². The van der Waals surface area contributed by atoms with Crippen LogP contribution < -0.4 is 5.32 Å². The number of aliphatic hydroxyl groups excluding tert-OH is 1. The van der Waals surface area contributed by atoms with Crippen LogP contribution >= 0.6 is 7.82 Å². The van der Waals surface area contributed by atoms with E-state index in [9.17, 15) is 34.1 Å². The van der Waals surface area contributed by atoms with Crippen LogP contribution in [-0.2, 0) is 32.7 Å². The lowest BCUT2D eigenvalue weighted by Crippen LogP contribution is -2.43. The van der Waals surface area contributed by atoms with E-state index >= 15 is 0 Å². The Balaban J connectivity index is 3.74. The minimum atomic E-state index is -4.75. The third-order valence-electron chi connectivity index (χ3n) is 11.1. The maximum atomic E-state index is 12.3. The summed E-state index contributed by atoms with van der Waals surface area (Å²) in [5.74, 6) is -2.35. The first-order chi connectivity index (χ1) is 28.6. The molecule has 0 aromatic heterocycles. The SMILES string of the molecule is CCCCCCCCCCCCCCCCCCCCCCCCCC(=O)OCC(O)COP(=O)(O)OCC(NC(=O)CCCCCCCCCCCCCC)C(=O)O.